The van der Waals surface area contributed by atoms with Gasteiger partial charge in [0.05, 0.1) is 5.69 Å². The minimum Gasteiger partial charge on any atom is -0.334 e. The van der Waals surface area contributed by atoms with Crippen molar-refractivity contribution in [3.8, 4) is 10.6 Å². The maximum absolute atomic E-state index is 13.0. The van der Waals surface area contributed by atoms with Crippen LogP contribution in [0.15, 0.2) is 30.3 Å². The molecule has 1 aliphatic heterocycles. The van der Waals surface area contributed by atoms with E-state index in [1.54, 1.807) is 0 Å². The molecule has 1 amide bonds. The van der Waals surface area contributed by atoms with Gasteiger partial charge in [-0.15, -0.1) is 11.3 Å². The number of aromatic nitrogens is 1. The van der Waals surface area contributed by atoms with Crippen LogP contribution in [0.5, 0.6) is 0 Å². The molecular weight excluding hydrogens is 306 g/mol. The Morgan fingerprint density at radius 3 is 2.83 bits per heavy atom. The molecule has 122 valence electrons. The molecule has 2 unspecified atom stereocenters. The summed E-state index contributed by atoms with van der Waals surface area (Å²) in [6, 6.07) is 10.2. The smallest absolute Gasteiger partial charge is 0.266 e. The predicted molar refractivity (Wildman–Crippen MR) is 94.6 cm³/mol. The SMILES string of the molecule is Cc1nc(-c2ccccc2)sc1C(=O)N1CCC(C)CC1CN. The van der Waals surface area contributed by atoms with Crippen LogP contribution in [0.4, 0.5) is 0 Å². The fraction of sp³-hybridized carbons (Fsp3) is 0.444. The summed E-state index contributed by atoms with van der Waals surface area (Å²) in [7, 11) is 0. The Kier molecular flexibility index (Phi) is 4.78. The first-order valence-electron chi connectivity index (χ1n) is 8.14. The van der Waals surface area contributed by atoms with E-state index in [1.807, 2.05) is 42.2 Å². The Bertz CT molecular complexity index is 683. The largest absolute Gasteiger partial charge is 0.334 e. The van der Waals surface area contributed by atoms with Gasteiger partial charge in [0.15, 0.2) is 0 Å². The van der Waals surface area contributed by atoms with Gasteiger partial charge in [0.1, 0.15) is 9.88 Å². The third-order valence-corrected chi connectivity index (χ3v) is 5.72. The van der Waals surface area contributed by atoms with Crippen LogP contribution in [-0.2, 0) is 0 Å². The molecule has 23 heavy (non-hydrogen) atoms. The van der Waals surface area contributed by atoms with Gasteiger partial charge in [-0.25, -0.2) is 4.98 Å². The molecule has 1 saturated heterocycles. The number of benzene rings is 1. The van der Waals surface area contributed by atoms with Gasteiger partial charge in [-0.2, -0.15) is 0 Å². The zero-order chi connectivity index (χ0) is 16.4. The molecule has 4 nitrogen and oxygen atoms in total. The van der Waals surface area contributed by atoms with Crippen LogP contribution in [-0.4, -0.2) is 34.9 Å². The van der Waals surface area contributed by atoms with Gasteiger partial charge < -0.3 is 10.6 Å². The number of thiazole rings is 1. The first-order valence-corrected chi connectivity index (χ1v) is 8.95. The number of carbonyl (C=O) groups is 1. The summed E-state index contributed by atoms with van der Waals surface area (Å²) in [5, 5.41) is 0.904. The third kappa shape index (κ3) is 3.31. The van der Waals surface area contributed by atoms with E-state index in [4.69, 9.17) is 5.73 Å². The van der Waals surface area contributed by atoms with Gasteiger partial charge in [0, 0.05) is 24.7 Å². The number of piperidine rings is 1. The summed E-state index contributed by atoms with van der Waals surface area (Å²) in [6.45, 7) is 5.47. The molecule has 1 aromatic heterocycles. The predicted octanol–water partition coefficient (Wildman–Crippen LogP) is 3.32. The Balaban J connectivity index is 1.87. The molecule has 0 saturated carbocycles. The van der Waals surface area contributed by atoms with E-state index in [1.165, 1.54) is 11.3 Å². The number of nitrogens with two attached hydrogens (primary N) is 1. The van der Waals surface area contributed by atoms with E-state index in [9.17, 15) is 4.79 Å². The molecule has 0 spiro atoms. The summed E-state index contributed by atoms with van der Waals surface area (Å²) in [5.74, 6) is 0.722. The molecule has 2 heterocycles. The minimum atomic E-state index is 0.0875. The topological polar surface area (TPSA) is 59.2 Å². The number of carbonyl (C=O) groups excluding carboxylic acids is 1. The highest BCUT2D eigenvalue weighted by molar-refractivity contribution is 7.17. The Labute approximate surface area is 141 Å². The van der Waals surface area contributed by atoms with Gasteiger partial charge in [-0.1, -0.05) is 37.3 Å². The number of amides is 1. The first kappa shape index (κ1) is 16.1. The van der Waals surface area contributed by atoms with Crippen molar-refractivity contribution < 1.29 is 4.79 Å². The van der Waals surface area contributed by atoms with Crippen molar-refractivity contribution in [2.75, 3.05) is 13.1 Å². The number of hydrogen-bond donors (Lipinski definition) is 1. The zero-order valence-corrected chi connectivity index (χ0v) is 14.5. The number of rotatable bonds is 3. The molecule has 1 fully saturated rings. The van der Waals surface area contributed by atoms with Gasteiger partial charge in [-0.3, -0.25) is 4.79 Å². The molecule has 0 radical (unpaired) electrons. The lowest BCUT2D eigenvalue weighted by Crippen LogP contribution is -2.49. The molecule has 2 aromatic rings. The lowest BCUT2D eigenvalue weighted by atomic mass is 9.92. The average Bonchev–Trinajstić information content (AvgIpc) is 2.97. The Hall–Kier alpha value is -1.72. The second-order valence-electron chi connectivity index (χ2n) is 6.32. The normalized spacial score (nSPS) is 21.4. The fourth-order valence-corrected chi connectivity index (χ4v) is 4.20. The Morgan fingerprint density at radius 1 is 1.39 bits per heavy atom. The zero-order valence-electron chi connectivity index (χ0n) is 13.7. The summed E-state index contributed by atoms with van der Waals surface area (Å²) in [5.41, 5.74) is 7.77. The van der Waals surface area contributed by atoms with E-state index in [0.29, 0.717) is 12.5 Å². The minimum absolute atomic E-state index is 0.0875. The number of aryl methyl sites for hydroxylation is 1. The van der Waals surface area contributed by atoms with Crippen molar-refractivity contribution in [1.82, 2.24) is 9.88 Å². The second kappa shape index (κ2) is 6.81. The standard InChI is InChI=1S/C18H23N3OS/c1-12-8-9-21(15(10-12)11-19)18(22)16-13(2)20-17(23-16)14-6-4-3-5-7-14/h3-7,12,15H,8-11,19H2,1-2H3. The van der Waals surface area contributed by atoms with Crippen LogP contribution in [0.1, 0.15) is 35.1 Å². The van der Waals surface area contributed by atoms with Gasteiger partial charge >= 0.3 is 0 Å². The maximum Gasteiger partial charge on any atom is 0.266 e. The first-order chi connectivity index (χ1) is 11.1. The molecule has 0 aliphatic carbocycles. The van der Waals surface area contributed by atoms with Crippen LogP contribution in [0.2, 0.25) is 0 Å². The van der Waals surface area contributed by atoms with Crippen molar-refractivity contribution >= 4 is 17.2 Å². The quantitative estimate of drug-likeness (QED) is 0.940. The van der Waals surface area contributed by atoms with Crippen LogP contribution >= 0.6 is 11.3 Å². The van der Waals surface area contributed by atoms with Crippen LogP contribution in [0.3, 0.4) is 0 Å². The van der Waals surface area contributed by atoms with Crippen molar-refractivity contribution in [3.63, 3.8) is 0 Å². The highest BCUT2D eigenvalue weighted by atomic mass is 32.1. The van der Waals surface area contributed by atoms with E-state index in [0.717, 1.165) is 40.5 Å². The van der Waals surface area contributed by atoms with Crippen molar-refractivity contribution in [3.05, 3.63) is 40.9 Å². The molecule has 1 aromatic carbocycles. The highest BCUT2D eigenvalue weighted by Gasteiger charge is 2.31. The van der Waals surface area contributed by atoms with Crippen LogP contribution in [0, 0.1) is 12.8 Å². The summed E-state index contributed by atoms with van der Waals surface area (Å²) < 4.78 is 0. The molecule has 2 atom stereocenters. The van der Waals surface area contributed by atoms with E-state index < -0.39 is 0 Å². The van der Waals surface area contributed by atoms with E-state index in [-0.39, 0.29) is 11.9 Å². The van der Waals surface area contributed by atoms with Crippen molar-refractivity contribution in [2.24, 2.45) is 11.7 Å². The van der Waals surface area contributed by atoms with Crippen molar-refractivity contribution in [1.29, 1.82) is 0 Å². The second-order valence-corrected chi connectivity index (χ2v) is 7.32. The molecule has 2 N–H and O–H groups in total. The monoisotopic (exact) mass is 329 g/mol. The van der Waals surface area contributed by atoms with Crippen molar-refractivity contribution in [2.45, 2.75) is 32.7 Å². The summed E-state index contributed by atoms with van der Waals surface area (Å²) in [6.07, 6.45) is 2.04. The molecule has 1 aliphatic rings. The molecule has 3 rings (SSSR count). The Morgan fingerprint density at radius 2 is 2.13 bits per heavy atom. The maximum atomic E-state index is 13.0. The molecular formula is C18H23N3OS. The lowest BCUT2D eigenvalue weighted by molar-refractivity contribution is 0.0577. The van der Waals surface area contributed by atoms with Gasteiger partial charge in [0.25, 0.3) is 5.91 Å². The lowest BCUT2D eigenvalue weighted by Gasteiger charge is -2.37. The summed E-state index contributed by atoms with van der Waals surface area (Å²) in [4.78, 5) is 20.3. The van der Waals surface area contributed by atoms with Gasteiger partial charge in [0.2, 0.25) is 0 Å². The fourth-order valence-electron chi connectivity index (χ4n) is 3.17. The molecule has 0 bridgehead atoms. The third-order valence-electron chi connectivity index (χ3n) is 4.52. The van der Waals surface area contributed by atoms with E-state index >= 15 is 0 Å². The van der Waals surface area contributed by atoms with Crippen LogP contribution in [0.25, 0.3) is 10.6 Å². The number of hydrogen-bond acceptors (Lipinski definition) is 4. The number of likely N-dealkylation sites (tertiary alicyclic amines) is 1. The molecule has 5 heteroatoms. The summed E-state index contributed by atoms with van der Waals surface area (Å²) >= 11 is 1.48. The van der Waals surface area contributed by atoms with E-state index in [2.05, 4.69) is 11.9 Å². The average molecular weight is 329 g/mol. The number of nitrogens with zero attached hydrogens (tertiary/aromatic N) is 2. The van der Waals surface area contributed by atoms with Gasteiger partial charge in [-0.05, 0) is 25.7 Å². The highest BCUT2D eigenvalue weighted by Crippen LogP contribution is 2.31. The van der Waals surface area contributed by atoms with Crippen LogP contribution < -0.4 is 5.73 Å².